The zero-order chi connectivity index (χ0) is 16.0. The lowest BCUT2D eigenvalue weighted by atomic mass is 9.98. The van der Waals surface area contributed by atoms with Crippen LogP contribution in [0.15, 0.2) is 29.2 Å². The number of benzene rings is 1. The number of hydrogen-bond donors (Lipinski definition) is 2. The molecular weight excluding hydrogens is 294 g/mol. The number of carbonyl (C=O) groups is 1. The van der Waals surface area contributed by atoms with E-state index in [9.17, 15) is 13.2 Å². The normalized spacial score (nSPS) is 13.1. The summed E-state index contributed by atoms with van der Waals surface area (Å²) in [6.07, 6.45) is 0.413. The monoisotopic (exact) mass is 315 g/mol. The van der Waals surface area contributed by atoms with Crippen LogP contribution < -0.4 is 9.46 Å². The van der Waals surface area contributed by atoms with Crippen LogP contribution in [-0.4, -0.2) is 33.1 Å². The summed E-state index contributed by atoms with van der Waals surface area (Å²) in [5.41, 5.74) is 0. The van der Waals surface area contributed by atoms with Crippen LogP contribution in [0.2, 0.25) is 0 Å². The summed E-state index contributed by atoms with van der Waals surface area (Å²) in [6.45, 7) is 3.66. The molecule has 1 rings (SSSR count). The molecule has 0 radical (unpaired) electrons. The number of sulfonamides is 1. The molecule has 7 heteroatoms. The summed E-state index contributed by atoms with van der Waals surface area (Å²) in [5, 5.41) is 9.12. The van der Waals surface area contributed by atoms with Crippen LogP contribution in [0, 0.1) is 11.8 Å². The number of aliphatic carboxylic acids is 1. The predicted molar refractivity (Wildman–Crippen MR) is 78.8 cm³/mol. The standard InChI is InChI=1S/C14H21NO5S/c1-10(2)7-11(14(16)17)9-15-21(18,19)13-6-4-5-12(8-13)20-3/h4-6,8,10-11,15H,7,9H2,1-3H3,(H,16,17). The Morgan fingerprint density at radius 1 is 1.38 bits per heavy atom. The van der Waals surface area contributed by atoms with Crippen LogP contribution in [0.3, 0.4) is 0 Å². The number of nitrogens with one attached hydrogen (secondary N) is 1. The molecule has 118 valence electrons. The van der Waals surface area contributed by atoms with Crippen molar-refractivity contribution in [3.8, 4) is 5.75 Å². The van der Waals surface area contributed by atoms with Gasteiger partial charge in [0.25, 0.3) is 0 Å². The highest BCUT2D eigenvalue weighted by molar-refractivity contribution is 7.89. The fraction of sp³-hybridized carbons (Fsp3) is 0.500. The van der Waals surface area contributed by atoms with Gasteiger partial charge in [0.1, 0.15) is 5.75 Å². The van der Waals surface area contributed by atoms with Gasteiger partial charge < -0.3 is 9.84 Å². The Bertz CT molecular complexity index is 583. The summed E-state index contributed by atoms with van der Waals surface area (Å²) in [5.74, 6) is -1.15. The average molecular weight is 315 g/mol. The minimum absolute atomic E-state index is 0.0514. The molecule has 0 bridgehead atoms. The molecule has 0 saturated heterocycles. The molecule has 6 nitrogen and oxygen atoms in total. The van der Waals surface area contributed by atoms with Gasteiger partial charge in [0.15, 0.2) is 0 Å². The summed E-state index contributed by atoms with van der Waals surface area (Å²) in [4.78, 5) is 11.2. The fourth-order valence-corrected chi connectivity index (χ4v) is 3.02. The van der Waals surface area contributed by atoms with E-state index in [-0.39, 0.29) is 17.4 Å². The second-order valence-electron chi connectivity index (χ2n) is 5.20. The molecule has 2 N–H and O–H groups in total. The van der Waals surface area contributed by atoms with Crippen molar-refractivity contribution in [3.05, 3.63) is 24.3 Å². The Kier molecular flexibility index (Phi) is 6.17. The number of rotatable bonds is 8. The van der Waals surface area contributed by atoms with Crippen molar-refractivity contribution in [2.24, 2.45) is 11.8 Å². The zero-order valence-electron chi connectivity index (χ0n) is 12.4. The second-order valence-corrected chi connectivity index (χ2v) is 6.96. The molecule has 21 heavy (non-hydrogen) atoms. The van der Waals surface area contributed by atoms with Gasteiger partial charge >= 0.3 is 5.97 Å². The predicted octanol–water partition coefficient (Wildman–Crippen LogP) is 1.72. The third-order valence-corrected chi connectivity index (χ3v) is 4.40. The maximum absolute atomic E-state index is 12.2. The van der Waals surface area contributed by atoms with Crippen molar-refractivity contribution in [1.82, 2.24) is 4.72 Å². The van der Waals surface area contributed by atoms with Crippen LogP contribution in [-0.2, 0) is 14.8 Å². The first-order chi connectivity index (χ1) is 9.76. The maximum Gasteiger partial charge on any atom is 0.307 e. The van der Waals surface area contributed by atoms with Crippen molar-refractivity contribution in [2.45, 2.75) is 25.2 Å². The van der Waals surface area contributed by atoms with Gasteiger partial charge in [-0.2, -0.15) is 0 Å². The first kappa shape index (κ1) is 17.5. The molecular formula is C14H21NO5S. The second kappa shape index (κ2) is 7.42. The number of ether oxygens (including phenoxy) is 1. The van der Waals surface area contributed by atoms with Gasteiger partial charge in [0.05, 0.1) is 17.9 Å². The number of carboxylic acids is 1. The molecule has 0 aromatic heterocycles. The SMILES string of the molecule is COc1cccc(S(=O)(=O)NCC(CC(C)C)C(=O)O)c1. The third kappa shape index (κ3) is 5.35. The van der Waals surface area contributed by atoms with Gasteiger partial charge in [-0.05, 0) is 24.5 Å². The van der Waals surface area contributed by atoms with E-state index < -0.39 is 21.9 Å². The largest absolute Gasteiger partial charge is 0.497 e. The molecule has 1 atom stereocenters. The summed E-state index contributed by atoms with van der Waals surface area (Å²) in [7, 11) is -2.30. The Balaban J connectivity index is 2.81. The molecule has 0 fully saturated rings. The highest BCUT2D eigenvalue weighted by Crippen LogP contribution is 2.18. The molecule has 0 spiro atoms. The van der Waals surface area contributed by atoms with E-state index in [2.05, 4.69) is 4.72 Å². The number of hydrogen-bond acceptors (Lipinski definition) is 4. The van der Waals surface area contributed by atoms with E-state index in [1.54, 1.807) is 12.1 Å². The number of methoxy groups -OCH3 is 1. The van der Waals surface area contributed by atoms with Crippen LogP contribution >= 0.6 is 0 Å². The van der Waals surface area contributed by atoms with Gasteiger partial charge in [-0.1, -0.05) is 19.9 Å². The minimum atomic E-state index is -3.75. The van der Waals surface area contributed by atoms with Gasteiger partial charge in [-0.25, -0.2) is 13.1 Å². The minimum Gasteiger partial charge on any atom is -0.497 e. The Labute approximate surface area is 125 Å². The smallest absolute Gasteiger partial charge is 0.307 e. The molecule has 1 aromatic rings. The Morgan fingerprint density at radius 3 is 2.57 bits per heavy atom. The van der Waals surface area contributed by atoms with Gasteiger partial charge in [0.2, 0.25) is 10.0 Å². The summed E-state index contributed by atoms with van der Waals surface area (Å²) in [6, 6.07) is 6.03. The van der Waals surface area contributed by atoms with E-state index in [4.69, 9.17) is 9.84 Å². The first-order valence-corrected chi connectivity index (χ1v) is 8.11. The lowest BCUT2D eigenvalue weighted by Crippen LogP contribution is -2.33. The summed E-state index contributed by atoms with van der Waals surface area (Å²) >= 11 is 0. The molecule has 0 saturated carbocycles. The molecule has 0 aliphatic heterocycles. The van der Waals surface area contributed by atoms with Crippen molar-refractivity contribution < 1.29 is 23.1 Å². The van der Waals surface area contributed by atoms with Crippen molar-refractivity contribution >= 4 is 16.0 Å². The molecule has 0 aliphatic carbocycles. The molecule has 1 aromatic carbocycles. The van der Waals surface area contributed by atoms with Crippen molar-refractivity contribution in [1.29, 1.82) is 0 Å². The first-order valence-electron chi connectivity index (χ1n) is 6.62. The van der Waals surface area contributed by atoms with Gasteiger partial charge in [0, 0.05) is 12.6 Å². The highest BCUT2D eigenvalue weighted by Gasteiger charge is 2.22. The molecule has 0 amide bonds. The van der Waals surface area contributed by atoms with Crippen LogP contribution in [0.5, 0.6) is 5.75 Å². The maximum atomic E-state index is 12.2. The lowest BCUT2D eigenvalue weighted by molar-refractivity contribution is -0.142. The molecule has 0 heterocycles. The van der Waals surface area contributed by atoms with E-state index in [0.29, 0.717) is 12.2 Å². The number of carboxylic acid groups (broad SMARTS) is 1. The van der Waals surface area contributed by atoms with Crippen LogP contribution in [0.1, 0.15) is 20.3 Å². The van der Waals surface area contributed by atoms with E-state index in [0.717, 1.165) is 0 Å². The van der Waals surface area contributed by atoms with Gasteiger partial charge in [-0.3, -0.25) is 4.79 Å². The molecule has 0 aliphatic rings. The topological polar surface area (TPSA) is 92.7 Å². The Morgan fingerprint density at radius 2 is 2.05 bits per heavy atom. The van der Waals surface area contributed by atoms with E-state index >= 15 is 0 Å². The summed E-state index contributed by atoms with van der Waals surface area (Å²) < 4.78 is 31.6. The Hall–Kier alpha value is -1.60. The zero-order valence-corrected chi connectivity index (χ0v) is 13.2. The fourth-order valence-electron chi connectivity index (χ4n) is 1.90. The average Bonchev–Trinajstić information content (AvgIpc) is 2.43. The molecule has 1 unspecified atom stereocenters. The van der Waals surface area contributed by atoms with E-state index in [1.807, 2.05) is 13.8 Å². The van der Waals surface area contributed by atoms with Crippen LogP contribution in [0.4, 0.5) is 0 Å². The van der Waals surface area contributed by atoms with Gasteiger partial charge in [-0.15, -0.1) is 0 Å². The lowest BCUT2D eigenvalue weighted by Gasteiger charge is -2.15. The van der Waals surface area contributed by atoms with E-state index in [1.165, 1.54) is 19.2 Å². The van der Waals surface area contributed by atoms with Crippen molar-refractivity contribution in [3.63, 3.8) is 0 Å². The quantitative estimate of drug-likeness (QED) is 0.762. The highest BCUT2D eigenvalue weighted by atomic mass is 32.2. The van der Waals surface area contributed by atoms with Crippen molar-refractivity contribution in [2.75, 3.05) is 13.7 Å². The van der Waals surface area contributed by atoms with Crippen LogP contribution in [0.25, 0.3) is 0 Å². The third-order valence-electron chi connectivity index (χ3n) is 2.98.